The maximum absolute atomic E-state index is 12.4. The number of fused-ring (bicyclic) bond motifs is 1. The van der Waals surface area contributed by atoms with Gasteiger partial charge in [-0.05, 0) is 36.5 Å². The smallest absolute Gasteiger partial charge is 0.306 e. The average molecular weight is 445 g/mol. The summed E-state index contributed by atoms with van der Waals surface area (Å²) < 4.78 is 5.09. The van der Waals surface area contributed by atoms with Crippen molar-refractivity contribution in [3.05, 3.63) is 71.9 Å². The zero-order chi connectivity index (χ0) is 23.0. The minimum atomic E-state index is -0.576. The number of carbonyl (C=O) groups excluding carboxylic acids is 3. The Hall–Kier alpha value is -3.54. The zero-order valence-electron chi connectivity index (χ0n) is 18.6. The van der Waals surface area contributed by atoms with Crippen molar-refractivity contribution in [1.29, 1.82) is 0 Å². The molecule has 3 aromatic rings. The van der Waals surface area contributed by atoms with E-state index in [0.29, 0.717) is 22.7 Å². The highest BCUT2D eigenvalue weighted by atomic mass is 16.5. The third-order valence-corrected chi connectivity index (χ3v) is 6.14. The first kappa shape index (κ1) is 22.6. The van der Waals surface area contributed by atoms with Gasteiger partial charge in [0.15, 0.2) is 12.4 Å². The lowest BCUT2D eigenvalue weighted by Crippen LogP contribution is -2.17. The highest BCUT2D eigenvalue weighted by Crippen LogP contribution is 2.32. The number of nitrogens with one attached hydrogen (secondary N) is 1. The molecule has 0 unspecified atom stereocenters. The molecule has 6 nitrogen and oxygen atoms in total. The Morgan fingerprint density at radius 2 is 1.67 bits per heavy atom. The predicted octanol–water partition coefficient (Wildman–Crippen LogP) is 5.43. The van der Waals surface area contributed by atoms with E-state index in [1.807, 2.05) is 48.5 Å². The van der Waals surface area contributed by atoms with E-state index in [1.54, 1.807) is 12.3 Å². The van der Waals surface area contributed by atoms with Crippen LogP contribution in [0.4, 0.5) is 5.69 Å². The summed E-state index contributed by atoms with van der Waals surface area (Å²) in [6.45, 7) is -0.323. The van der Waals surface area contributed by atoms with Crippen LogP contribution in [0.2, 0.25) is 0 Å². The van der Waals surface area contributed by atoms with Crippen LogP contribution < -0.4 is 5.32 Å². The first-order chi connectivity index (χ1) is 16.1. The molecule has 1 fully saturated rings. The molecule has 6 heteroatoms. The monoisotopic (exact) mass is 444 g/mol. The molecule has 4 rings (SSSR count). The van der Waals surface area contributed by atoms with Gasteiger partial charge in [-0.1, -0.05) is 61.7 Å². The second kappa shape index (κ2) is 10.9. The number of benzene rings is 2. The Balaban J connectivity index is 1.22. The second-order valence-electron chi connectivity index (χ2n) is 8.47. The molecule has 1 heterocycles. The van der Waals surface area contributed by atoms with Crippen LogP contribution in [-0.4, -0.2) is 29.3 Å². The van der Waals surface area contributed by atoms with E-state index in [1.165, 1.54) is 37.7 Å². The Bertz CT molecular complexity index is 1130. The number of anilines is 1. The Morgan fingerprint density at radius 3 is 2.45 bits per heavy atom. The van der Waals surface area contributed by atoms with Gasteiger partial charge >= 0.3 is 5.97 Å². The van der Waals surface area contributed by atoms with Gasteiger partial charge in [-0.25, -0.2) is 0 Å². The fraction of sp³-hybridized carbons (Fsp3) is 0.333. The summed E-state index contributed by atoms with van der Waals surface area (Å²) in [4.78, 5) is 41.0. The number of aromatic nitrogens is 1. The van der Waals surface area contributed by atoms with Crippen molar-refractivity contribution in [3.63, 3.8) is 0 Å². The molecule has 0 atom stereocenters. The van der Waals surface area contributed by atoms with E-state index in [-0.39, 0.29) is 31.1 Å². The lowest BCUT2D eigenvalue weighted by Gasteiger charge is -2.22. The van der Waals surface area contributed by atoms with Crippen molar-refractivity contribution < 1.29 is 19.1 Å². The van der Waals surface area contributed by atoms with Crippen molar-refractivity contribution in [2.75, 3.05) is 11.9 Å². The lowest BCUT2D eigenvalue weighted by molar-refractivity contribution is -0.143. The molecule has 1 amide bonds. The molecule has 1 saturated carbocycles. The molecule has 1 aromatic heterocycles. The van der Waals surface area contributed by atoms with Crippen LogP contribution in [0.5, 0.6) is 0 Å². The number of amides is 1. The summed E-state index contributed by atoms with van der Waals surface area (Å²) in [5.74, 6) is -0.551. The maximum atomic E-state index is 12.4. The molecule has 0 saturated heterocycles. The molecular formula is C27H28N2O4. The van der Waals surface area contributed by atoms with Crippen molar-refractivity contribution in [3.8, 4) is 0 Å². The number of hydrogen-bond donors (Lipinski definition) is 1. The van der Waals surface area contributed by atoms with Gasteiger partial charge in [0.2, 0.25) is 5.91 Å². The number of nitrogens with zero attached hydrogens (tertiary/aromatic N) is 1. The number of ketones is 1. The normalized spacial score (nSPS) is 14.1. The minimum absolute atomic E-state index is 0.0354. The number of carbonyl (C=O) groups is 3. The number of ether oxygens (including phenoxy) is 1. The van der Waals surface area contributed by atoms with Crippen LogP contribution in [0.15, 0.2) is 60.8 Å². The van der Waals surface area contributed by atoms with Gasteiger partial charge in [0.25, 0.3) is 0 Å². The van der Waals surface area contributed by atoms with E-state index < -0.39 is 5.97 Å². The maximum Gasteiger partial charge on any atom is 0.306 e. The topological polar surface area (TPSA) is 85.4 Å². The van der Waals surface area contributed by atoms with Gasteiger partial charge in [0, 0.05) is 23.6 Å². The Morgan fingerprint density at radius 1 is 0.909 bits per heavy atom. The van der Waals surface area contributed by atoms with Crippen molar-refractivity contribution in [2.24, 2.45) is 0 Å². The highest BCUT2D eigenvalue weighted by Gasteiger charge is 2.17. The number of para-hydroxylation sites is 1. The van der Waals surface area contributed by atoms with E-state index in [4.69, 9.17) is 4.74 Å². The Kier molecular flexibility index (Phi) is 7.45. The summed E-state index contributed by atoms with van der Waals surface area (Å²) in [7, 11) is 0. The molecule has 1 aliphatic rings. The first-order valence-electron chi connectivity index (χ1n) is 11.5. The molecular weight excluding hydrogens is 416 g/mol. The van der Waals surface area contributed by atoms with Crippen LogP contribution in [0.3, 0.4) is 0 Å². The van der Waals surface area contributed by atoms with Gasteiger partial charge in [0.1, 0.15) is 0 Å². The predicted molar refractivity (Wildman–Crippen MR) is 127 cm³/mol. The van der Waals surface area contributed by atoms with E-state index in [9.17, 15) is 14.4 Å². The summed E-state index contributed by atoms with van der Waals surface area (Å²) in [5.41, 5.74) is 3.09. The summed E-state index contributed by atoms with van der Waals surface area (Å²) in [5, 5.41) is 3.70. The van der Waals surface area contributed by atoms with Gasteiger partial charge in [-0.2, -0.15) is 0 Å². The highest BCUT2D eigenvalue weighted by molar-refractivity contribution is 6.01. The van der Waals surface area contributed by atoms with Crippen LogP contribution >= 0.6 is 0 Å². The van der Waals surface area contributed by atoms with Gasteiger partial charge in [-0.3, -0.25) is 19.4 Å². The van der Waals surface area contributed by atoms with Crippen LogP contribution in [0.1, 0.15) is 66.8 Å². The summed E-state index contributed by atoms with van der Waals surface area (Å²) in [6.07, 6.45) is 7.77. The minimum Gasteiger partial charge on any atom is -0.457 e. The lowest BCUT2D eigenvalue weighted by atomic mass is 9.84. The molecule has 33 heavy (non-hydrogen) atoms. The number of esters is 1. The molecule has 2 aromatic carbocycles. The molecule has 0 bridgehead atoms. The second-order valence-corrected chi connectivity index (χ2v) is 8.47. The van der Waals surface area contributed by atoms with E-state index in [2.05, 4.69) is 10.3 Å². The van der Waals surface area contributed by atoms with Crippen molar-refractivity contribution in [1.82, 2.24) is 4.98 Å². The fourth-order valence-corrected chi connectivity index (χ4v) is 4.31. The van der Waals surface area contributed by atoms with Crippen LogP contribution in [-0.2, 0) is 14.3 Å². The summed E-state index contributed by atoms with van der Waals surface area (Å²) >= 11 is 0. The van der Waals surface area contributed by atoms with Gasteiger partial charge in [-0.15, -0.1) is 0 Å². The quantitative estimate of drug-likeness (QED) is 0.370. The molecule has 0 spiro atoms. The number of hydrogen-bond acceptors (Lipinski definition) is 5. The SMILES string of the molecule is O=C(CCC(=O)OCC(=O)c1ccc(C2CCCCC2)cc1)Nc1cccc2cccnc12. The number of rotatable bonds is 8. The standard InChI is InChI=1S/C27H28N2O4/c30-24(21-13-11-20(12-14-21)19-6-2-1-3-7-19)18-33-26(32)16-15-25(31)29-23-10-4-8-22-9-5-17-28-27(22)23/h4-5,8-14,17,19H,1-3,6-7,15-16,18H2,(H,29,31). The molecule has 0 radical (unpaired) electrons. The van der Waals surface area contributed by atoms with Gasteiger partial charge < -0.3 is 10.1 Å². The fourth-order valence-electron chi connectivity index (χ4n) is 4.31. The van der Waals surface area contributed by atoms with Gasteiger partial charge in [0.05, 0.1) is 17.6 Å². The number of pyridine rings is 1. The Labute approximate surface area is 193 Å². The van der Waals surface area contributed by atoms with Crippen molar-refractivity contribution >= 4 is 34.3 Å². The van der Waals surface area contributed by atoms with Crippen LogP contribution in [0.25, 0.3) is 10.9 Å². The average Bonchev–Trinajstić information content (AvgIpc) is 2.87. The molecule has 1 aliphatic carbocycles. The zero-order valence-corrected chi connectivity index (χ0v) is 18.6. The van der Waals surface area contributed by atoms with Crippen molar-refractivity contribution in [2.45, 2.75) is 50.9 Å². The van der Waals surface area contributed by atoms with E-state index in [0.717, 1.165) is 5.39 Å². The van der Waals surface area contributed by atoms with Crippen LogP contribution in [0, 0.1) is 0 Å². The third kappa shape index (κ3) is 6.04. The largest absolute Gasteiger partial charge is 0.457 e. The number of Topliss-reactive ketones (excluding diaryl/α,β-unsaturated/α-hetero) is 1. The first-order valence-corrected chi connectivity index (χ1v) is 11.5. The van der Waals surface area contributed by atoms with E-state index >= 15 is 0 Å². The third-order valence-electron chi connectivity index (χ3n) is 6.14. The summed E-state index contributed by atoms with van der Waals surface area (Å²) in [6, 6.07) is 16.9. The molecule has 0 aliphatic heterocycles. The molecule has 170 valence electrons. The molecule has 1 N–H and O–H groups in total.